The highest BCUT2D eigenvalue weighted by Gasteiger charge is 2.86. The third-order valence-corrected chi connectivity index (χ3v) is 10.5. The van der Waals surface area contributed by atoms with Crippen LogP contribution in [0.15, 0.2) is 85.2 Å². The summed E-state index contributed by atoms with van der Waals surface area (Å²) in [6.45, 7) is 6.55. The Morgan fingerprint density at radius 2 is 1.33 bits per heavy atom. The fourth-order valence-electron chi connectivity index (χ4n) is 8.44. The van der Waals surface area contributed by atoms with E-state index in [1.807, 2.05) is 0 Å². The Labute approximate surface area is 300 Å². The maximum absolute atomic E-state index is 13.9. The Morgan fingerprint density at radius 3 is 1.88 bits per heavy atom. The normalized spacial score (nSPS) is 31.3. The number of fused-ring (bicyclic) bond motifs is 1. The molecule has 1 saturated heterocycles. The first-order chi connectivity index (χ1) is 24.6. The Bertz CT molecular complexity index is 1830. The Morgan fingerprint density at radius 1 is 0.750 bits per heavy atom. The molecule has 1 spiro atoms. The molecule has 13 heteroatoms. The summed E-state index contributed by atoms with van der Waals surface area (Å²) in [4.78, 5) is 71.2. The van der Waals surface area contributed by atoms with Gasteiger partial charge in [0, 0.05) is 38.6 Å². The van der Waals surface area contributed by atoms with Crippen molar-refractivity contribution in [2.45, 2.75) is 88.7 Å². The van der Waals surface area contributed by atoms with Gasteiger partial charge in [-0.05, 0) is 63.6 Å². The number of hydrogen-bond donors (Lipinski definition) is 1. The van der Waals surface area contributed by atoms with E-state index in [0.29, 0.717) is 0 Å². The number of hydrogen-bond acceptors (Lipinski definition) is 13. The number of nitrogens with zero attached hydrogens (tertiary/aromatic N) is 1. The summed E-state index contributed by atoms with van der Waals surface area (Å²) >= 11 is 0. The summed E-state index contributed by atoms with van der Waals surface area (Å²) in [5.74, 6) is -4.66. The van der Waals surface area contributed by atoms with Crippen LogP contribution in [0.3, 0.4) is 0 Å². The molecule has 2 aromatic carbocycles. The van der Waals surface area contributed by atoms with E-state index in [-0.39, 0.29) is 23.1 Å². The third-order valence-electron chi connectivity index (χ3n) is 10.5. The molecule has 3 aliphatic rings. The number of carbonyl (C=O) groups excluding carboxylic acids is 5. The van der Waals surface area contributed by atoms with Gasteiger partial charge in [0.05, 0.1) is 27.9 Å². The Hall–Kier alpha value is -5.14. The third kappa shape index (κ3) is 6.21. The second-order valence-corrected chi connectivity index (χ2v) is 14.2. The van der Waals surface area contributed by atoms with E-state index in [9.17, 15) is 29.1 Å². The van der Waals surface area contributed by atoms with Crippen LogP contribution in [0, 0.1) is 11.3 Å². The van der Waals surface area contributed by atoms with Crippen LogP contribution in [-0.2, 0) is 38.0 Å². The van der Waals surface area contributed by atoms with Crippen molar-refractivity contribution < 1.29 is 57.5 Å². The van der Waals surface area contributed by atoms with Gasteiger partial charge in [-0.1, -0.05) is 36.4 Å². The van der Waals surface area contributed by atoms with Crippen molar-refractivity contribution in [2.75, 3.05) is 6.61 Å². The number of carbonyl (C=O) groups is 5. The molecule has 1 N–H and O–H groups in total. The topological polar surface area (TPSA) is 174 Å². The van der Waals surface area contributed by atoms with Crippen molar-refractivity contribution in [2.24, 2.45) is 11.3 Å². The number of aromatic nitrogens is 1. The van der Waals surface area contributed by atoms with Crippen LogP contribution in [-0.4, -0.2) is 87.8 Å². The van der Waals surface area contributed by atoms with Gasteiger partial charge >= 0.3 is 29.8 Å². The summed E-state index contributed by atoms with van der Waals surface area (Å²) in [6, 6.07) is 19.4. The van der Waals surface area contributed by atoms with E-state index in [0.717, 1.165) is 13.8 Å². The molecule has 6 rings (SSSR count). The summed E-state index contributed by atoms with van der Waals surface area (Å²) in [6.07, 6.45) is -3.36. The maximum atomic E-state index is 13.9. The number of aliphatic hydroxyl groups is 1. The number of benzene rings is 2. The largest absolute Gasteiger partial charge is 0.465 e. The first-order valence-electron chi connectivity index (χ1n) is 17.0. The summed E-state index contributed by atoms with van der Waals surface area (Å²) < 4.78 is 37.5. The van der Waals surface area contributed by atoms with Crippen molar-refractivity contribution in [3.8, 4) is 0 Å². The lowest BCUT2D eigenvalue weighted by Gasteiger charge is -2.65. The van der Waals surface area contributed by atoms with Gasteiger partial charge in [-0.3, -0.25) is 14.6 Å². The zero-order valence-electron chi connectivity index (χ0n) is 29.5. The van der Waals surface area contributed by atoms with Gasteiger partial charge in [0.2, 0.25) is 0 Å². The van der Waals surface area contributed by atoms with Crippen molar-refractivity contribution in [1.82, 2.24) is 4.98 Å². The highest BCUT2D eigenvalue weighted by atomic mass is 16.6. The van der Waals surface area contributed by atoms with Crippen molar-refractivity contribution in [3.05, 3.63) is 102 Å². The molecule has 1 aromatic heterocycles. The van der Waals surface area contributed by atoms with E-state index in [1.165, 1.54) is 31.5 Å². The lowest BCUT2D eigenvalue weighted by Crippen LogP contribution is -2.83. The fourth-order valence-corrected chi connectivity index (χ4v) is 8.44. The Kier molecular flexibility index (Phi) is 9.71. The lowest BCUT2D eigenvalue weighted by atomic mass is 9.46. The lowest BCUT2D eigenvalue weighted by molar-refractivity contribution is -0.353. The van der Waals surface area contributed by atoms with E-state index in [1.54, 1.807) is 74.5 Å². The molecule has 0 radical (unpaired) electrons. The number of rotatable bonds is 9. The van der Waals surface area contributed by atoms with Gasteiger partial charge in [0.1, 0.15) is 30.3 Å². The fraction of sp³-hybridized carbons (Fsp3) is 0.436. The van der Waals surface area contributed by atoms with Crippen molar-refractivity contribution in [1.29, 1.82) is 0 Å². The highest BCUT2D eigenvalue weighted by molar-refractivity contribution is 5.90. The number of ether oxygens (including phenoxy) is 6. The predicted molar refractivity (Wildman–Crippen MR) is 181 cm³/mol. The van der Waals surface area contributed by atoms with Gasteiger partial charge in [0.25, 0.3) is 0 Å². The average molecular weight is 716 g/mol. The van der Waals surface area contributed by atoms with Crippen LogP contribution >= 0.6 is 0 Å². The molecule has 13 nitrogen and oxygen atoms in total. The zero-order valence-corrected chi connectivity index (χ0v) is 29.5. The van der Waals surface area contributed by atoms with Crippen LogP contribution in [0.1, 0.15) is 78.5 Å². The molecule has 8 unspecified atom stereocenters. The molecular formula is C39H41NO12. The first-order valence-corrected chi connectivity index (χ1v) is 17.0. The summed E-state index contributed by atoms with van der Waals surface area (Å²) in [5, 5.41) is 12.9. The van der Waals surface area contributed by atoms with E-state index >= 15 is 0 Å². The van der Waals surface area contributed by atoms with Crippen LogP contribution in [0.25, 0.3) is 0 Å². The molecule has 1 aliphatic heterocycles. The minimum absolute atomic E-state index is 0.0710. The number of esters is 5. The summed E-state index contributed by atoms with van der Waals surface area (Å²) in [7, 11) is 0. The molecule has 2 saturated carbocycles. The Balaban J connectivity index is 1.59. The second-order valence-electron chi connectivity index (χ2n) is 14.2. The number of pyridine rings is 1. The van der Waals surface area contributed by atoms with Crippen LogP contribution in [0.4, 0.5) is 0 Å². The molecule has 52 heavy (non-hydrogen) atoms. The van der Waals surface area contributed by atoms with Gasteiger partial charge < -0.3 is 33.5 Å². The molecule has 0 amide bonds. The SMILES string of the molecule is CC(=O)OCC12C(OC(=O)c3ccccc3)CC3C(OC(=O)c4ccccc4)C1(OC3(C)C)C(C)(O)CC(OC(=O)c1cccnc1)C2OC(C)=O. The molecule has 2 bridgehead atoms. The minimum atomic E-state index is -2.11. The van der Waals surface area contributed by atoms with E-state index < -0.39 is 95.4 Å². The molecule has 2 heterocycles. The van der Waals surface area contributed by atoms with Gasteiger partial charge in [-0.25, -0.2) is 14.4 Å². The van der Waals surface area contributed by atoms with Crippen molar-refractivity contribution in [3.63, 3.8) is 0 Å². The molecular weight excluding hydrogens is 674 g/mol. The van der Waals surface area contributed by atoms with E-state index in [2.05, 4.69) is 4.98 Å². The molecule has 2 aliphatic carbocycles. The second kappa shape index (κ2) is 13.8. The predicted octanol–water partition coefficient (Wildman–Crippen LogP) is 4.26. The van der Waals surface area contributed by atoms with Gasteiger partial charge in [-0.15, -0.1) is 0 Å². The van der Waals surface area contributed by atoms with Crippen LogP contribution in [0.5, 0.6) is 0 Å². The standard InChI is InChI=1S/C39H41NO12/c1-23(41)47-22-38-30(50-33(43)25-13-8-6-9-14-25)19-28-31(51-34(44)26-15-10-7-11-16-26)39(38,52-36(28,3)4)37(5,46)20-29(32(38)48-24(2)42)49-35(45)27-17-12-18-40-21-27/h6-18,21,28-32,46H,19-20,22H2,1-5H3. The molecule has 274 valence electrons. The minimum Gasteiger partial charge on any atom is -0.465 e. The van der Waals surface area contributed by atoms with Crippen LogP contribution in [0.2, 0.25) is 0 Å². The van der Waals surface area contributed by atoms with Crippen molar-refractivity contribution >= 4 is 29.8 Å². The monoisotopic (exact) mass is 715 g/mol. The van der Waals surface area contributed by atoms with E-state index in [4.69, 9.17) is 28.4 Å². The molecule has 3 aromatic rings. The molecule has 3 fully saturated rings. The van der Waals surface area contributed by atoms with Crippen LogP contribution < -0.4 is 0 Å². The maximum Gasteiger partial charge on any atom is 0.340 e. The zero-order chi connectivity index (χ0) is 37.5. The smallest absolute Gasteiger partial charge is 0.340 e. The quantitative estimate of drug-likeness (QED) is 0.246. The summed E-state index contributed by atoms with van der Waals surface area (Å²) in [5.41, 5.74) is -6.96. The van der Waals surface area contributed by atoms with Gasteiger partial charge in [0.15, 0.2) is 11.7 Å². The highest BCUT2D eigenvalue weighted by Crippen LogP contribution is 2.69. The molecule has 8 atom stereocenters. The van der Waals surface area contributed by atoms with Gasteiger partial charge in [-0.2, -0.15) is 0 Å². The first kappa shape index (κ1) is 36.6. The average Bonchev–Trinajstić information content (AvgIpc) is 3.28.